The maximum atomic E-state index is 13.1. The van der Waals surface area contributed by atoms with Gasteiger partial charge in [-0.15, -0.1) is 0 Å². The molecule has 3 aromatic rings. The van der Waals surface area contributed by atoms with Crippen LogP contribution in [0.2, 0.25) is 0 Å². The minimum absolute atomic E-state index is 0.0828. The third-order valence-electron chi connectivity index (χ3n) is 6.23. The van der Waals surface area contributed by atoms with Crippen molar-refractivity contribution in [3.8, 4) is 11.5 Å². The second-order valence-electron chi connectivity index (χ2n) is 7.86. The predicted octanol–water partition coefficient (Wildman–Crippen LogP) is 4.60. The third kappa shape index (κ3) is 3.15. The molecule has 1 amide bonds. The number of H-pyrrole nitrogens is 1. The highest BCUT2D eigenvalue weighted by molar-refractivity contribution is 5.88. The topological polar surface area (TPSA) is 54.6 Å². The average molecular weight is 390 g/mol. The zero-order valence-corrected chi connectivity index (χ0v) is 16.7. The van der Waals surface area contributed by atoms with Crippen molar-refractivity contribution in [3.63, 3.8) is 0 Å². The molecule has 1 aromatic heterocycles. The van der Waals surface area contributed by atoms with Gasteiger partial charge in [-0.25, -0.2) is 0 Å². The fourth-order valence-corrected chi connectivity index (χ4v) is 4.71. The lowest BCUT2D eigenvalue weighted by Crippen LogP contribution is -2.29. The van der Waals surface area contributed by atoms with Gasteiger partial charge >= 0.3 is 0 Å². The molecule has 29 heavy (non-hydrogen) atoms. The van der Waals surface area contributed by atoms with E-state index in [0.29, 0.717) is 6.42 Å². The van der Waals surface area contributed by atoms with Gasteiger partial charge in [0.25, 0.3) is 0 Å². The van der Waals surface area contributed by atoms with E-state index in [-0.39, 0.29) is 18.6 Å². The molecule has 5 rings (SSSR count). The molecule has 0 radical (unpaired) electrons. The second kappa shape index (κ2) is 7.47. The van der Waals surface area contributed by atoms with E-state index >= 15 is 0 Å². The summed E-state index contributed by atoms with van der Waals surface area (Å²) in [5.74, 6) is 1.66. The number of aromatic nitrogens is 1. The average Bonchev–Trinajstić information content (AvgIpc) is 3.51. The van der Waals surface area contributed by atoms with Crippen molar-refractivity contribution >= 4 is 16.8 Å². The van der Waals surface area contributed by atoms with Crippen molar-refractivity contribution in [1.29, 1.82) is 0 Å². The van der Waals surface area contributed by atoms with Gasteiger partial charge in [-0.1, -0.05) is 37.3 Å². The molecule has 2 aliphatic heterocycles. The first-order valence-corrected chi connectivity index (χ1v) is 10.5. The predicted molar refractivity (Wildman–Crippen MR) is 113 cm³/mol. The van der Waals surface area contributed by atoms with Gasteiger partial charge in [-0.05, 0) is 36.5 Å². The van der Waals surface area contributed by atoms with E-state index in [1.165, 1.54) is 10.9 Å². The Morgan fingerprint density at radius 3 is 2.76 bits per heavy atom. The zero-order valence-electron chi connectivity index (χ0n) is 16.7. The van der Waals surface area contributed by atoms with Crippen LogP contribution in [0, 0.1) is 0 Å². The highest BCUT2D eigenvalue weighted by atomic mass is 16.7. The molecule has 3 heterocycles. The molecular formula is C24H26N2O3. The molecule has 1 fully saturated rings. The van der Waals surface area contributed by atoms with Crippen molar-refractivity contribution in [3.05, 3.63) is 59.3 Å². The molecule has 1 atom stereocenters. The molecule has 5 heteroatoms. The number of ether oxygens (including phenoxy) is 2. The van der Waals surface area contributed by atoms with Gasteiger partial charge in [0.05, 0.1) is 0 Å². The first-order chi connectivity index (χ1) is 14.3. The number of amides is 1. The first-order valence-electron chi connectivity index (χ1n) is 10.5. The fraction of sp³-hybridized carbons (Fsp3) is 0.375. The van der Waals surface area contributed by atoms with Crippen LogP contribution in [0.15, 0.2) is 42.6 Å². The molecule has 0 unspecified atom stereocenters. The minimum Gasteiger partial charge on any atom is -0.454 e. The second-order valence-corrected chi connectivity index (χ2v) is 7.86. The molecule has 150 valence electrons. The van der Waals surface area contributed by atoms with Gasteiger partial charge in [0.15, 0.2) is 11.5 Å². The van der Waals surface area contributed by atoms with Gasteiger partial charge in [0.2, 0.25) is 12.7 Å². The summed E-state index contributed by atoms with van der Waals surface area (Å²) in [6.45, 7) is 4.13. The van der Waals surface area contributed by atoms with Crippen molar-refractivity contribution in [2.24, 2.45) is 0 Å². The molecule has 1 saturated heterocycles. The van der Waals surface area contributed by atoms with Crippen LogP contribution in [0.5, 0.6) is 11.5 Å². The van der Waals surface area contributed by atoms with Crippen LogP contribution >= 0.6 is 0 Å². The summed E-state index contributed by atoms with van der Waals surface area (Å²) >= 11 is 0. The number of hydrogen-bond donors (Lipinski definition) is 1. The quantitative estimate of drug-likeness (QED) is 0.692. The Kier molecular flexibility index (Phi) is 4.66. The van der Waals surface area contributed by atoms with E-state index in [4.69, 9.17) is 9.47 Å². The van der Waals surface area contributed by atoms with Crippen LogP contribution in [0.1, 0.15) is 48.8 Å². The Morgan fingerprint density at radius 1 is 1.10 bits per heavy atom. The normalized spacial score (nSPS) is 16.5. The standard InChI is InChI=1S/C24H26N2O3/c1-2-16-7-5-8-17-20(14-25-23(16)17)19(13-22(27)26-11-3-4-12-26)18-9-6-10-21-24(18)29-15-28-21/h5-10,14,19,25H,2-4,11-13,15H2,1H3/t19-/m0/s1. The molecule has 1 N–H and O–H groups in total. The number of fused-ring (bicyclic) bond motifs is 2. The molecule has 0 saturated carbocycles. The molecule has 0 bridgehead atoms. The highest BCUT2D eigenvalue weighted by Crippen LogP contribution is 2.44. The van der Waals surface area contributed by atoms with E-state index < -0.39 is 0 Å². The Balaban J connectivity index is 1.61. The number of nitrogens with zero attached hydrogens (tertiary/aromatic N) is 1. The largest absolute Gasteiger partial charge is 0.454 e. The number of carbonyl (C=O) groups excluding carboxylic acids is 1. The first kappa shape index (κ1) is 18.1. The van der Waals surface area contributed by atoms with E-state index in [0.717, 1.165) is 60.5 Å². The maximum absolute atomic E-state index is 13.1. The number of likely N-dealkylation sites (tertiary alicyclic amines) is 1. The zero-order chi connectivity index (χ0) is 19.8. The van der Waals surface area contributed by atoms with Crippen LogP contribution in [0.3, 0.4) is 0 Å². The van der Waals surface area contributed by atoms with E-state index in [1.54, 1.807) is 0 Å². The minimum atomic E-state index is -0.0828. The van der Waals surface area contributed by atoms with E-state index in [2.05, 4.69) is 42.4 Å². The summed E-state index contributed by atoms with van der Waals surface area (Å²) in [5, 5.41) is 1.18. The third-order valence-corrected chi connectivity index (χ3v) is 6.23. The molecule has 0 spiro atoms. The SMILES string of the molecule is CCc1cccc2c([C@@H](CC(=O)N3CCCC3)c3cccc4c3OCO4)c[nH]c12. The van der Waals surface area contributed by atoms with Gasteiger partial charge in [-0.2, -0.15) is 0 Å². The molecule has 2 aromatic carbocycles. The number of nitrogens with one attached hydrogen (secondary N) is 1. The van der Waals surface area contributed by atoms with Gasteiger partial charge in [0, 0.05) is 48.1 Å². The van der Waals surface area contributed by atoms with Crippen molar-refractivity contribution in [1.82, 2.24) is 9.88 Å². The summed E-state index contributed by atoms with van der Waals surface area (Å²) in [4.78, 5) is 18.6. The summed E-state index contributed by atoms with van der Waals surface area (Å²) in [6, 6.07) is 12.4. The van der Waals surface area contributed by atoms with E-state index in [1.807, 2.05) is 17.0 Å². The van der Waals surface area contributed by atoms with Crippen LogP contribution < -0.4 is 9.47 Å². The Bertz CT molecular complexity index is 1050. The Hall–Kier alpha value is -2.95. The number of carbonyl (C=O) groups is 1. The molecule has 2 aliphatic rings. The van der Waals surface area contributed by atoms with Crippen LogP contribution in [0.4, 0.5) is 0 Å². The molecule has 5 nitrogen and oxygen atoms in total. The lowest BCUT2D eigenvalue weighted by molar-refractivity contribution is -0.130. The smallest absolute Gasteiger partial charge is 0.231 e. The fourth-order valence-electron chi connectivity index (χ4n) is 4.71. The van der Waals surface area contributed by atoms with Gasteiger partial charge in [0.1, 0.15) is 0 Å². The van der Waals surface area contributed by atoms with Gasteiger partial charge < -0.3 is 19.4 Å². The Morgan fingerprint density at radius 2 is 1.93 bits per heavy atom. The number of aryl methyl sites for hydroxylation is 1. The Labute approximate surface area is 170 Å². The number of aromatic amines is 1. The number of hydrogen-bond acceptors (Lipinski definition) is 3. The monoisotopic (exact) mass is 390 g/mol. The lowest BCUT2D eigenvalue weighted by atomic mass is 9.86. The van der Waals surface area contributed by atoms with E-state index in [9.17, 15) is 4.79 Å². The van der Waals surface area contributed by atoms with Gasteiger partial charge in [-0.3, -0.25) is 4.79 Å². The van der Waals surface area contributed by atoms with Crippen LogP contribution in [0.25, 0.3) is 10.9 Å². The summed E-state index contributed by atoms with van der Waals surface area (Å²) in [5.41, 5.74) is 4.62. The van der Waals surface area contributed by atoms with Crippen molar-refractivity contribution in [2.45, 2.75) is 38.5 Å². The van der Waals surface area contributed by atoms with Crippen molar-refractivity contribution < 1.29 is 14.3 Å². The van der Waals surface area contributed by atoms with Crippen LogP contribution in [-0.4, -0.2) is 35.7 Å². The number of benzene rings is 2. The lowest BCUT2D eigenvalue weighted by Gasteiger charge is -2.22. The maximum Gasteiger partial charge on any atom is 0.231 e. The highest BCUT2D eigenvalue weighted by Gasteiger charge is 2.30. The molecular weight excluding hydrogens is 364 g/mol. The summed E-state index contributed by atoms with van der Waals surface area (Å²) in [7, 11) is 0. The van der Waals surface area contributed by atoms with Crippen molar-refractivity contribution in [2.75, 3.05) is 19.9 Å². The molecule has 0 aliphatic carbocycles. The number of para-hydroxylation sites is 2. The van der Waals surface area contributed by atoms with Crippen LogP contribution in [-0.2, 0) is 11.2 Å². The summed E-state index contributed by atoms with van der Waals surface area (Å²) in [6.07, 6.45) is 5.67. The summed E-state index contributed by atoms with van der Waals surface area (Å²) < 4.78 is 11.4. The number of rotatable bonds is 5.